The highest BCUT2D eigenvalue weighted by Crippen LogP contribution is 2.51. The standard InChI is InChI=1S/C22H16N2OS/c1-14-8-2-3-9-15(14)21-23-24-22(25-21)26-20-18-12-6-4-10-16(18)17-11-5-7-13-19(17)20/h2-13,20H,1H3. The molecule has 5 rings (SSSR count). The molecule has 0 bridgehead atoms. The van der Waals surface area contributed by atoms with Crippen LogP contribution in [0.15, 0.2) is 82.4 Å². The Morgan fingerprint density at radius 3 is 1.96 bits per heavy atom. The van der Waals surface area contributed by atoms with E-state index >= 15 is 0 Å². The van der Waals surface area contributed by atoms with Crippen LogP contribution in [0.5, 0.6) is 0 Å². The molecule has 26 heavy (non-hydrogen) atoms. The van der Waals surface area contributed by atoms with Crippen LogP contribution in [0.4, 0.5) is 0 Å². The summed E-state index contributed by atoms with van der Waals surface area (Å²) in [5.41, 5.74) is 7.30. The van der Waals surface area contributed by atoms with Crippen molar-refractivity contribution < 1.29 is 4.42 Å². The molecule has 0 saturated heterocycles. The first-order valence-corrected chi connectivity index (χ1v) is 9.43. The fourth-order valence-electron chi connectivity index (χ4n) is 3.52. The first-order chi connectivity index (χ1) is 12.8. The van der Waals surface area contributed by atoms with Gasteiger partial charge in [-0.25, -0.2) is 0 Å². The second-order valence-electron chi connectivity index (χ2n) is 6.36. The van der Waals surface area contributed by atoms with Crippen LogP contribution in [-0.2, 0) is 0 Å². The van der Waals surface area contributed by atoms with Crippen LogP contribution >= 0.6 is 11.8 Å². The minimum Gasteiger partial charge on any atom is -0.411 e. The summed E-state index contributed by atoms with van der Waals surface area (Å²) in [4.78, 5) is 0. The molecular formula is C22H16N2OS. The Morgan fingerprint density at radius 1 is 0.731 bits per heavy atom. The number of hydrogen-bond acceptors (Lipinski definition) is 4. The van der Waals surface area contributed by atoms with E-state index in [1.54, 1.807) is 11.8 Å². The average molecular weight is 356 g/mol. The Kier molecular flexibility index (Phi) is 3.64. The molecule has 0 saturated carbocycles. The van der Waals surface area contributed by atoms with E-state index in [1.165, 1.54) is 22.3 Å². The lowest BCUT2D eigenvalue weighted by Gasteiger charge is -2.10. The number of rotatable bonds is 3. The number of aryl methyl sites for hydroxylation is 1. The third-order valence-corrected chi connectivity index (χ3v) is 5.89. The number of nitrogens with zero attached hydrogens (tertiary/aromatic N) is 2. The molecule has 1 heterocycles. The van der Waals surface area contributed by atoms with Crippen molar-refractivity contribution in [2.75, 3.05) is 0 Å². The maximum Gasteiger partial charge on any atom is 0.277 e. The normalized spacial score (nSPS) is 12.8. The number of hydrogen-bond donors (Lipinski definition) is 0. The summed E-state index contributed by atoms with van der Waals surface area (Å²) in [5, 5.41) is 9.32. The fraction of sp³-hybridized carbons (Fsp3) is 0.0909. The van der Waals surface area contributed by atoms with Gasteiger partial charge in [-0.1, -0.05) is 78.5 Å². The van der Waals surface area contributed by atoms with Crippen LogP contribution in [0.3, 0.4) is 0 Å². The third kappa shape index (κ3) is 2.45. The van der Waals surface area contributed by atoms with Crippen molar-refractivity contribution in [1.29, 1.82) is 0 Å². The topological polar surface area (TPSA) is 38.9 Å². The van der Waals surface area contributed by atoms with E-state index in [1.807, 2.05) is 18.2 Å². The van der Waals surface area contributed by atoms with Crippen LogP contribution < -0.4 is 0 Å². The second-order valence-corrected chi connectivity index (χ2v) is 7.42. The Labute approximate surface area is 156 Å². The van der Waals surface area contributed by atoms with Gasteiger partial charge in [-0.3, -0.25) is 0 Å². The Morgan fingerprint density at radius 2 is 1.31 bits per heavy atom. The van der Waals surface area contributed by atoms with Gasteiger partial charge in [-0.2, -0.15) is 0 Å². The molecule has 0 radical (unpaired) electrons. The van der Waals surface area contributed by atoms with Crippen molar-refractivity contribution in [3.63, 3.8) is 0 Å². The Hall–Kier alpha value is -2.85. The minimum absolute atomic E-state index is 0.174. The summed E-state index contributed by atoms with van der Waals surface area (Å²) >= 11 is 1.62. The highest BCUT2D eigenvalue weighted by atomic mass is 32.2. The van der Waals surface area contributed by atoms with Gasteiger partial charge in [0.05, 0.1) is 5.25 Å². The molecule has 0 aliphatic heterocycles. The lowest BCUT2D eigenvalue weighted by molar-refractivity contribution is 0.465. The van der Waals surface area contributed by atoms with Crippen molar-refractivity contribution >= 4 is 11.8 Å². The van der Waals surface area contributed by atoms with Gasteiger partial charge >= 0.3 is 0 Å². The van der Waals surface area contributed by atoms with E-state index in [4.69, 9.17) is 4.42 Å². The van der Waals surface area contributed by atoms with Crippen molar-refractivity contribution in [1.82, 2.24) is 10.2 Å². The SMILES string of the molecule is Cc1ccccc1-c1nnc(SC2c3ccccc3-c3ccccc32)o1. The summed E-state index contributed by atoms with van der Waals surface area (Å²) in [6.45, 7) is 2.05. The highest BCUT2D eigenvalue weighted by molar-refractivity contribution is 7.99. The number of fused-ring (bicyclic) bond motifs is 3. The van der Waals surface area contributed by atoms with Crippen LogP contribution in [-0.4, -0.2) is 10.2 Å². The number of aromatic nitrogens is 2. The van der Waals surface area contributed by atoms with Gasteiger partial charge in [-0.15, -0.1) is 10.2 Å². The maximum atomic E-state index is 5.98. The summed E-state index contributed by atoms with van der Waals surface area (Å²) in [6, 6.07) is 25.2. The van der Waals surface area contributed by atoms with Gasteiger partial charge in [0.15, 0.2) is 0 Å². The zero-order chi connectivity index (χ0) is 17.5. The largest absolute Gasteiger partial charge is 0.411 e. The molecule has 1 aliphatic rings. The molecule has 0 fully saturated rings. The van der Waals surface area contributed by atoms with E-state index in [-0.39, 0.29) is 5.25 Å². The minimum atomic E-state index is 0.174. The number of benzene rings is 3. The van der Waals surface area contributed by atoms with Crippen LogP contribution in [0.1, 0.15) is 21.9 Å². The monoisotopic (exact) mass is 356 g/mol. The van der Waals surface area contributed by atoms with Gasteiger partial charge in [0, 0.05) is 5.56 Å². The smallest absolute Gasteiger partial charge is 0.277 e. The van der Waals surface area contributed by atoms with Crippen LogP contribution in [0, 0.1) is 6.92 Å². The van der Waals surface area contributed by atoms with Crippen molar-refractivity contribution in [2.45, 2.75) is 17.4 Å². The number of thioether (sulfide) groups is 1. The van der Waals surface area contributed by atoms with Gasteiger partial charge in [0.2, 0.25) is 5.89 Å². The Bertz CT molecular complexity index is 1060. The van der Waals surface area contributed by atoms with E-state index in [0.717, 1.165) is 11.1 Å². The lowest BCUT2D eigenvalue weighted by atomic mass is 10.1. The summed E-state index contributed by atoms with van der Waals surface area (Å²) < 4.78 is 5.98. The van der Waals surface area contributed by atoms with E-state index in [2.05, 4.69) is 71.7 Å². The molecule has 0 amide bonds. The quantitative estimate of drug-likeness (QED) is 0.457. The molecule has 1 aromatic heterocycles. The lowest BCUT2D eigenvalue weighted by Crippen LogP contribution is -1.91. The molecular weight excluding hydrogens is 340 g/mol. The molecule has 3 nitrogen and oxygen atoms in total. The predicted octanol–water partition coefficient (Wildman–Crippen LogP) is 5.91. The van der Waals surface area contributed by atoms with Gasteiger partial charge in [-0.05, 0) is 40.8 Å². The van der Waals surface area contributed by atoms with Crippen LogP contribution in [0.25, 0.3) is 22.6 Å². The Balaban J connectivity index is 1.52. The van der Waals surface area contributed by atoms with Crippen LogP contribution in [0.2, 0.25) is 0 Å². The van der Waals surface area contributed by atoms with Crippen molar-refractivity contribution in [2.24, 2.45) is 0 Å². The van der Waals surface area contributed by atoms with E-state index in [0.29, 0.717) is 11.1 Å². The summed E-state index contributed by atoms with van der Waals surface area (Å²) in [6.07, 6.45) is 0. The zero-order valence-electron chi connectivity index (χ0n) is 14.2. The molecule has 4 aromatic rings. The second kappa shape index (κ2) is 6.15. The molecule has 1 aliphatic carbocycles. The fourth-order valence-corrected chi connectivity index (χ4v) is 4.60. The highest BCUT2D eigenvalue weighted by Gasteiger charge is 2.30. The van der Waals surface area contributed by atoms with Gasteiger partial charge < -0.3 is 4.42 Å². The zero-order valence-corrected chi connectivity index (χ0v) is 15.0. The van der Waals surface area contributed by atoms with Gasteiger partial charge in [0.1, 0.15) is 0 Å². The van der Waals surface area contributed by atoms with Gasteiger partial charge in [0.25, 0.3) is 5.22 Å². The molecule has 0 spiro atoms. The molecule has 126 valence electrons. The predicted molar refractivity (Wildman–Crippen MR) is 104 cm³/mol. The summed E-state index contributed by atoms with van der Waals surface area (Å²) in [5.74, 6) is 0.574. The maximum absolute atomic E-state index is 5.98. The summed E-state index contributed by atoms with van der Waals surface area (Å²) in [7, 11) is 0. The first-order valence-electron chi connectivity index (χ1n) is 8.55. The average Bonchev–Trinajstić information content (AvgIpc) is 3.27. The first kappa shape index (κ1) is 15.4. The van der Waals surface area contributed by atoms with Crippen molar-refractivity contribution in [3.05, 3.63) is 89.5 Å². The van der Waals surface area contributed by atoms with E-state index in [9.17, 15) is 0 Å². The van der Waals surface area contributed by atoms with E-state index < -0.39 is 0 Å². The molecule has 0 N–H and O–H groups in total. The molecule has 3 aromatic carbocycles. The van der Waals surface area contributed by atoms with Crippen molar-refractivity contribution in [3.8, 4) is 22.6 Å². The molecule has 0 atom stereocenters. The molecule has 4 heteroatoms. The molecule has 0 unspecified atom stereocenters. The third-order valence-electron chi connectivity index (χ3n) is 4.78.